The SMILES string of the molecule is CCCCCCCCCCCCCCCCCCC(=O)OC(CCCCCCCCCCCCC)CC(=O)NC(CO)C(O)CCCCCCCCCCCCCCCCCC. The van der Waals surface area contributed by atoms with Crippen molar-refractivity contribution in [2.24, 2.45) is 0 Å². The second kappa shape index (κ2) is 50.9. The van der Waals surface area contributed by atoms with Crippen molar-refractivity contribution in [3.8, 4) is 0 Å². The molecule has 0 spiro atoms. The number of carbonyl (C=O) groups excluding carboxylic acids is 2. The molecule has 0 aliphatic heterocycles. The van der Waals surface area contributed by atoms with Gasteiger partial charge in [0.05, 0.1) is 25.2 Å². The van der Waals surface area contributed by atoms with Crippen LogP contribution in [0.5, 0.6) is 0 Å². The summed E-state index contributed by atoms with van der Waals surface area (Å²) in [5, 5.41) is 23.9. The Labute approximate surface area is 387 Å². The molecule has 6 heteroatoms. The van der Waals surface area contributed by atoms with Crippen LogP contribution in [0.2, 0.25) is 0 Å². The van der Waals surface area contributed by atoms with E-state index >= 15 is 0 Å². The predicted octanol–water partition coefficient (Wildman–Crippen LogP) is 17.1. The monoisotopic (exact) mass is 878 g/mol. The van der Waals surface area contributed by atoms with E-state index in [0.717, 1.165) is 38.5 Å². The van der Waals surface area contributed by atoms with E-state index in [-0.39, 0.29) is 24.9 Å². The lowest BCUT2D eigenvalue weighted by atomic mass is 10.0. The molecule has 0 fully saturated rings. The van der Waals surface area contributed by atoms with Gasteiger partial charge in [-0.3, -0.25) is 9.59 Å². The first-order valence-electron chi connectivity index (χ1n) is 28.3. The number of hydrogen-bond acceptors (Lipinski definition) is 5. The standard InChI is InChI=1S/C56H111NO5/c1-4-7-10-13-16-19-22-24-26-28-30-33-36-39-42-45-48-54(59)53(51-58)57-55(60)50-52(47-44-41-38-35-32-21-18-15-12-9-6-3)62-56(61)49-46-43-40-37-34-31-29-27-25-23-20-17-14-11-8-5-2/h52-54,58-59H,4-51H2,1-3H3,(H,57,60). The summed E-state index contributed by atoms with van der Waals surface area (Å²) in [5.41, 5.74) is 0. The number of hydrogen-bond donors (Lipinski definition) is 3. The van der Waals surface area contributed by atoms with Crippen molar-refractivity contribution in [3.63, 3.8) is 0 Å². The summed E-state index contributed by atoms with van der Waals surface area (Å²) in [6, 6.07) is -0.692. The van der Waals surface area contributed by atoms with Crippen LogP contribution in [0.25, 0.3) is 0 Å². The lowest BCUT2D eigenvalue weighted by molar-refractivity contribution is -0.151. The van der Waals surface area contributed by atoms with E-state index in [2.05, 4.69) is 26.1 Å². The highest BCUT2D eigenvalue weighted by Gasteiger charge is 2.24. The first-order valence-corrected chi connectivity index (χ1v) is 28.3. The molecular formula is C56H111NO5. The maximum Gasteiger partial charge on any atom is 0.306 e. The van der Waals surface area contributed by atoms with E-state index in [4.69, 9.17) is 4.74 Å². The summed E-state index contributed by atoms with van der Waals surface area (Å²) in [7, 11) is 0. The molecule has 0 aliphatic rings. The van der Waals surface area contributed by atoms with Crippen molar-refractivity contribution in [1.82, 2.24) is 5.32 Å². The van der Waals surface area contributed by atoms with Crippen molar-refractivity contribution in [2.45, 2.75) is 341 Å². The zero-order chi connectivity index (χ0) is 45.2. The molecule has 0 aliphatic carbocycles. The van der Waals surface area contributed by atoms with Gasteiger partial charge in [-0.1, -0.05) is 284 Å². The van der Waals surface area contributed by atoms with Gasteiger partial charge < -0.3 is 20.3 Å². The van der Waals surface area contributed by atoms with Gasteiger partial charge in [0.15, 0.2) is 0 Å². The summed E-state index contributed by atoms with van der Waals surface area (Å²) in [4.78, 5) is 26.2. The van der Waals surface area contributed by atoms with Crippen LogP contribution >= 0.6 is 0 Å². The largest absolute Gasteiger partial charge is 0.462 e. The molecule has 6 nitrogen and oxygen atoms in total. The second-order valence-electron chi connectivity index (χ2n) is 19.7. The molecule has 370 valence electrons. The van der Waals surface area contributed by atoms with Crippen LogP contribution in [-0.4, -0.2) is 46.9 Å². The van der Waals surface area contributed by atoms with Gasteiger partial charge in [-0.05, 0) is 25.7 Å². The molecule has 0 aromatic heterocycles. The molecule has 0 saturated carbocycles. The molecule has 3 N–H and O–H groups in total. The minimum atomic E-state index is -0.779. The van der Waals surface area contributed by atoms with E-state index in [0.29, 0.717) is 19.3 Å². The summed E-state index contributed by atoms with van der Waals surface area (Å²) in [6.45, 7) is 6.53. The van der Waals surface area contributed by atoms with Crippen molar-refractivity contribution in [1.29, 1.82) is 0 Å². The number of unbranched alkanes of at least 4 members (excludes halogenated alkanes) is 40. The van der Waals surface area contributed by atoms with Gasteiger partial charge in [0.25, 0.3) is 0 Å². The van der Waals surface area contributed by atoms with Gasteiger partial charge in [0.1, 0.15) is 6.10 Å². The minimum Gasteiger partial charge on any atom is -0.462 e. The molecule has 62 heavy (non-hydrogen) atoms. The number of rotatable bonds is 52. The third-order valence-corrected chi connectivity index (χ3v) is 13.4. The second-order valence-corrected chi connectivity index (χ2v) is 19.7. The number of aliphatic hydroxyl groups is 2. The zero-order valence-corrected chi connectivity index (χ0v) is 42.3. The average Bonchev–Trinajstić information content (AvgIpc) is 3.26. The molecule has 0 aromatic carbocycles. The van der Waals surface area contributed by atoms with Gasteiger partial charge in [-0.25, -0.2) is 0 Å². The van der Waals surface area contributed by atoms with Gasteiger partial charge in [0, 0.05) is 6.42 Å². The number of carbonyl (C=O) groups is 2. The molecule has 3 unspecified atom stereocenters. The van der Waals surface area contributed by atoms with Crippen molar-refractivity contribution in [2.75, 3.05) is 6.61 Å². The van der Waals surface area contributed by atoms with Crippen LogP contribution in [0.4, 0.5) is 0 Å². The summed E-state index contributed by atoms with van der Waals surface area (Å²) >= 11 is 0. The summed E-state index contributed by atoms with van der Waals surface area (Å²) in [5.74, 6) is -0.447. The summed E-state index contributed by atoms with van der Waals surface area (Å²) < 4.78 is 5.95. The Morgan fingerprint density at radius 2 is 0.677 bits per heavy atom. The number of amides is 1. The Hall–Kier alpha value is -1.14. The normalized spacial score (nSPS) is 13.0. The lowest BCUT2D eigenvalue weighted by Gasteiger charge is -2.24. The molecule has 0 saturated heterocycles. The molecule has 0 radical (unpaired) electrons. The smallest absolute Gasteiger partial charge is 0.306 e. The first kappa shape index (κ1) is 60.9. The van der Waals surface area contributed by atoms with E-state index in [1.807, 2.05) is 0 Å². The van der Waals surface area contributed by atoms with Crippen LogP contribution in [0.3, 0.4) is 0 Å². The molecule has 1 amide bonds. The Bertz CT molecular complexity index is 898. The molecule has 0 aromatic rings. The predicted molar refractivity (Wildman–Crippen MR) is 269 cm³/mol. The minimum absolute atomic E-state index is 0.0880. The van der Waals surface area contributed by atoms with Crippen molar-refractivity contribution >= 4 is 11.9 Å². The fourth-order valence-electron chi connectivity index (χ4n) is 9.14. The van der Waals surface area contributed by atoms with Gasteiger partial charge in [-0.15, -0.1) is 0 Å². The quantitative estimate of drug-likeness (QED) is 0.0418. The highest BCUT2D eigenvalue weighted by atomic mass is 16.5. The highest BCUT2D eigenvalue weighted by molar-refractivity contribution is 5.77. The van der Waals surface area contributed by atoms with Crippen molar-refractivity contribution < 1.29 is 24.5 Å². The number of ether oxygens (including phenoxy) is 1. The molecule has 0 rings (SSSR count). The zero-order valence-electron chi connectivity index (χ0n) is 42.3. The van der Waals surface area contributed by atoms with Gasteiger partial charge in [0.2, 0.25) is 5.91 Å². The molecule has 0 heterocycles. The third kappa shape index (κ3) is 45.4. The topological polar surface area (TPSA) is 95.9 Å². The Balaban J connectivity index is 4.41. The van der Waals surface area contributed by atoms with E-state index in [1.165, 1.54) is 238 Å². The molecule has 3 atom stereocenters. The summed E-state index contributed by atoms with van der Waals surface area (Å²) in [6.07, 6.45) is 56.0. The third-order valence-electron chi connectivity index (χ3n) is 13.4. The Kier molecular flexibility index (Phi) is 49.9. The number of nitrogens with one attached hydrogen (secondary N) is 1. The van der Waals surface area contributed by atoms with E-state index in [9.17, 15) is 19.8 Å². The van der Waals surface area contributed by atoms with E-state index in [1.54, 1.807) is 0 Å². The maximum atomic E-state index is 13.2. The van der Waals surface area contributed by atoms with Gasteiger partial charge >= 0.3 is 5.97 Å². The average molecular weight is 879 g/mol. The number of aliphatic hydroxyl groups excluding tert-OH is 2. The van der Waals surface area contributed by atoms with Gasteiger partial charge in [-0.2, -0.15) is 0 Å². The van der Waals surface area contributed by atoms with Crippen LogP contribution in [-0.2, 0) is 14.3 Å². The fraction of sp³-hybridized carbons (Fsp3) is 0.964. The highest BCUT2D eigenvalue weighted by Crippen LogP contribution is 2.19. The molecular weight excluding hydrogens is 767 g/mol. The van der Waals surface area contributed by atoms with Crippen LogP contribution in [0.15, 0.2) is 0 Å². The van der Waals surface area contributed by atoms with Crippen molar-refractivity contribution in [3.05, 3.63) is 0 Å². The van der Waals surface area contributed by atoms with Crippen LogP contribution in [0, 0.1) is 0 Å². The Morgan fingerprint density at radius 1 is 0.403 bits per heavy atom. The van der Waals surface area contributed by atoms with Crippen LogP contribution < -0.4 is 5.32 Å². The maximum absolute atomic E-state index is 13.2. The number of esters is 1. The first-order chi connectivity index (χ1) is 30.5. The van der Waals surface area contributed by atoms with E-state index < -0.39 is 18.2 Å². The lowest BCUT2D eigenvalue weighted by Crippen LogP contribution is -2.46. The molecule has 0 bridgehead atoms. The Morgan fingerprint density at radius 3 is 0.984 bits per heavy atom. The fourth-order valence-corrected chi connectivity index (χ4v) is 9.14. The van der Waals surface area contributed by atoms with Crippen LogP contribution in [0.1, 0.15) is 323 Å².